The lowest BCUT2D eigenvalue weighted by Crippen LogP contribution is -2.62. The number of hydrogen-bond acceptors (Lipinski definition) is 14. The van der Waals surface area contributed by atoms with E-state index in [1.807, 2.05) is 25.1 Å². The summed E-state index contributed by atoms with van der Waals surface area (Å²) in [6.45, 7) is 13.5. The molecular formula is C40H51N9O6. The number of hydrogen-bond donors (Lipinski definition) is 5. The van der Waals surface area contributed by atoms with Crippen LogP contribution in [0.15, 0.2) is 76.3 Å². The number of allylic oxidation sites excluding steroid dienone is 1. The van der Waals surface area contributed by atoms with E-state index in [2.05, 4.69) is 59.3 Å². The van der Waals surface area contributed by atoms with Gasteiger partial charge in [0.15, 0.2) is 0 Å². The molecule has 2 saturated carbocycles. The van der Waals surface area contributed by atoms with Gasteiger partial charge >= 0.3 is 5.97 Å². The number of nitrogens with one attached hydrogen (secondary N) is 3. The number of fused-ring (bicyclic) bond motifs is 1. The van der Waals surface area contributed by atoms with E-state index in [1.165, 1.54) is 0 Å². The van der Waals surface area contributed by atoms with Gasteiger partial charge in [0.25, 0.3) is 0 Å². The van der Waals surface area contributed by atoms with Gasteiger partial charge in [0.1, 0.15) is 11.6 Å². The molecule has 55 heavy (non-hydrogen) atoms. The maximum absolute atomic E-state index is 13.8. The van der Waals surface area contributed by atoms with Crippen LogP contribution in [0.1, 0.15) is 52.0 Å². The van der Waals surface area contributed by atoms with Gasteiger partial charge in [-0.25, -0.2) is 29.7 Å². The number of pyridine rings is 1. The number of guanidine groups is 1. The number of esters is 1. The van der Waals surface area contributed by atoms with Crippen LogP contribution < -0.4 is 20.9 Å². The second-order valence-electron chi connectivity index (χ2n) is 15.6. The summed E-state index contributed by atoms with van der Waals surface area (Å²) in [5.74, 6) is 0.722. The van der Waals surface area contributed by atoms with Crippen LogP contribution in [-0.4, -0.2) is 113 Å². The van der Waals surface area contributed by atoms with Crippen molar-refractivity contribution in [2.24, 2.45) is 32.7 Å². The summed E-state index contributed by atoms with van der Waals surface area (Å²) in [6.07, 6.45) is 11.7. The van der Waals surface area contributed by atoms with Crippen molar-refractivity contribution in [3.05, 3.63) is 71.9 Å². The van der Waals surface area contributed by atoms with E-state index in [0.717, 1.165) is 18.7 Å². The molecule has 5 unspecified atom stereocenters. The number of anilines is 2. The van der Waals surface area contributed by atoms with Crippen molar-refractivity contribution in [2.45, 2.75) is 70.7 Å². The fourth-order valence-corrected chi connectivity index (χ4v) is 9.06. The lowest BCUT2D eigenvalue weighted by Gasteiger charge is -2.62. The van der Waals surface area contributed by atoms with E-state index in [1.54, 1.807) is 43.9 Å². The zero-order valence-electron chi connectivity index (χ0n) is 31.6. The third kappa shape index (κ3) is 7.97. The summed E-state index contributed by atoms with van der Waals surface area (Å²) in [7, 11) is 0. The molecule has 0 spiro atoms. The molecule has 2 aromatic heterocycles. The van der Waals surface area contributed by atoms with Crippen LogP contribution in [0.2, 0.25) is 0 Å². The summed E-state index contributed by atoms with van der Waals surface area (Å²) < 4.78 is 11.3. The Morgan fingerprint density at radius 3 is 2.65 bits per heavy atom. The zero-order chi connectivity index (χ0) is 38.7. The van der Waals surface area contributed by atoms with Gasteiger partial charge in [-0.1, -0.05) is 32.1 Å². The Bertz CT molecular complexity index is 1880. The molecule has 7 rings (SSSR count). The number of aromatic nitrogens is 3. The molecule has 8 atom stereocenters. The molecule has 2 aromatic rings. The maximum atomic E-state index is 13.8. The fourth-order valence-electron chi connectivity index (χ4n) is 9.06. The Morgan fingerprint density at radius 2 is 1.96 bits per heavy atom. The molecule has 15 nitrogen and oxygen atoms in total. The highest BCUT2D eigenvalue weighted by molar-refractivity contribution is 6.04. The average Bonchev–Trinajstić information content (AvgIpc) is 3.85. The number of ether oxygens (including phenoxy) is 2. The Morgan fingerprint density at radius 1 is 1.18 bits per heavy atom. The summed E-state index contributed by atoms with van der Waals surface area (Å²) >= 11 is 0. The van der Waals surface area contributed by atoms with Gasteiger partial charge < -0.3 is 29.9 Å². The summed E-state index contributed by atoms with van der Waals surface area (Å²) in [5.41, 5.74) is 0.771. The van der Waals surface area contributed by atoms with E-state index < -0.39 is 35.0 Å². The van der Waals surface area contributed by atoms with Gasteiger partial charge in [0.2, 0.25) is 17.8 Å². The number of rotatable bonds is 11. The normalized spacial score (nSPS) is 31.0. The highest BCUT2D eigenvalue weighted by Crippen LogP contribution is 2.62. The van der Waals surface area contributed by atoms with Crippen LogP contribution in [0.25, 0.3) is 6.08 Å². The molecular weight excluding hydrogens is 702 g/mol. The Labute approximate surface area is 321 Å². The van der Waals surface area contributed by atoms with Crippen molar-refractivity contribution in [3.8, 4) is 0 Å². The van der Waals surface area contributed by atoms with E-state index in [0.29, 0.717) is 74.1 Å². The Hall–Kier alpha value is -4.83. The number of cyclic esters (lactones) is 1. The van der Waals surface area contributed by atoms with Crippen LogP contribution in [0, 0.1) is 22.7 Å². The highest BCUT2D eigenvalue weighted by Gasteiger charge is 2.60. The largest absolute Gasteiger partial charge is 0.423 e. The van der Waals surface area contributed by atoms with Crippen LogP contribution in [-0.2, 0) is 19.1 Å². The van der Waals surface area contributed by atoms with Gasteiger partial charge in [-0.05, 0) is 74.1 Å². The van der Waals surface area contributed by atoms with Crippen LogP contribution >= 0.6 is 0 Å². The van der Waals surface area contributed by atoms with Crippen molar-refractivity contribution in [3.63, 3.8) is 0 Å². The smallest absolute Gasteiger partial charge is 0.341 e. The standard InChI is InChI=1S/C40H51N9O6/c1-24-29(39(3)9-8-33(51)40(4,23-50)32(39)20-30(24)46-25(2)35(52)48-37-42-11-12-43-37)19-31(47-34-7-5-6-10-41-34)28-18-27(55-36(28)53)17-26-21-44-38(45-22-26)49-13-15-54-16-14-49/h5-7,10-11,17-18,21-22,25,29-33,46,50-51H,1,8-9,12-16,19-20,23H2,2-4H3,(H,41,47)(H,43,48,52)/b27-17+/t25?,29?,30?,31?,32?,33-,39-,40+/m1/s1. The van der Waals surface area contributed by atoms with Gasteiger partial charge in [-0.2, -0.15) is 0 Å². The third-order valence-electron chi connectivity index (χ3n) is 12.3. The van der Waals surface area contributed by atoms with Crippen molar-refractivity contribution in [2.75, 3.05) is 49.7 Å². The Kier molecular flexibility index (Phi) is 11.3. The average molecular weight is 754 g/mol. The van der Waals surface area contributed by atoms with E-state index in [-0.39, 0.29) is 36.4 Å². The lowest BCUT2D eigenvalue weighted by molar-refractivity contribution is -0.156. The minimum absolute atomic E-state index is 0.156. The minimum atomic E-state index is -0.810. The van der Waals surface area contributed by atoms with E-state index in [4.69, 9.17) is 9.47 Å². The molecule has 0 bridgehead atoms. The highest BCUT2D eigenvalue weighted by atomic mass is 16.5. The number of aliphatic hydroxyl groups excluding tert-OH is 2. The topological polar surface area (TPSA) is 196 Å². The number of nitrogens with zero attached hydrogens (tertiary/aromatic N) is 6. The van der Waals surface area contributed by atoms with Crippen LogP contribution in [0.3, 0.4) is 0 Å². The number of morpholine rings is 1. The van der Waals surface area contributed by atoms with Gasteiger partial charge in [-0.3, -0.25) is 15.4 Å². The number of carbonyl (C=O) groups excluding carboxylic acids is 2. The van der Waals surface area contributed by atoms with Crippen LogP contribution in [0.5, 0.6) is 0 Å². The van der Waals surface area contributed by atoms with Crippen molar-refractivity contribution < 1.29 is 29.3 Å². The Balaban J connectivity index is 1.19. The van der Waals surface area contributed by atoms with Gasteiger partial charge in [-0.15, -0.1) is 0 Å². The minimum Gasteiger partial charge on any atom is -0.423 e. The molecule has 5 N–H and O–H groups in total. The van der Waals surface area contributed by atoms with Crippen molar-refractivity contribution >= 4 is 41.9 Å². The SMILES string of the molecule is C=C1C(NC(C)C(=O)NC2=NCC=N2)CC2[C@](C)(CC[C@@H](O)[C@@]2(C)CO)C1CC(Nc1ccccn1)C1=C/C(=C\c2cnc(N3CCOCC3)nc2)OC1=O. The zero-order valence-corrected chi connectivity index (χ0v) is 31.6. The molecule has 292 valence electrons. The second kappa shape index (κ2) is 16.1. The molecule has 3 fully saturated rings. The molecule has 1 saturated heterocycles. The predicted octanol–water partition coefficient (Wildman–Crippen LogP) is 2.66. The first-order valence-electron chi connectivity index (χ1n) is 19.1. The summed E-state index contributed by atoms with van der Waals surface area (Å²) in [5, 5.41) is 32.0. The lowest BCUT2D eigenvalue weighted by atomic mass is 9.45. The number of carbonyl (C=O) groups is 2. The van der Waals surface area contributed by atoms with E-state index in [9.17, 15) is 19.8 Å². The molecule has 0 aromatic carbocycles. The first-order chi connectivity index (χ1) is 26.5. The molecule has 0 radical (unpaired) electrons. The van der Waals surface area contributed by atoms with Crippen molar-refractivity contribution in [1.82, 2.24) is 25.6 Å². The number of aliphatic hydroxyl groups is 2. The molecule has 3 aliphatic heterocycles. The first-order valence-corrected chi connectivity index (χ1v) is 19.1. The summed E-state index contributed by atoms with van der Waals surface area (Å²) in [6, 6.07) is 4.02. The molecule has 2 aliphatic carbocycles. The van der Waals surface area contributed by atoms with Crippen LogP contribution in [0.4, 0.5) is 11.8 Å². The summed E-state index contributed by atoms with van der Waals surface area (Å²) in [4.78, 5) is 51.0. The number of aliphatic imine (C=N–C) groups is 2. The fraction of sp³-hybridized carbons (Fsp3) is 0.525. The molecule has 5 aliphatic rings. The van der Waals surface area contributed by atoms with E-state index >= 15 is 0 Å². The van der Waals surface area contributed by atoms with Gasteiger partial charge in [0.05, 0.1) is 50.1 Å². The third-order valence-corrected chi connectivity index (χ3v) is 12.3. The monoisotopic (exact) mass is 753 g/mol. The number of amides is 1. The molecule has 1 amide bonds. The molecule has 5 heterocycles. The van der Waals surface area contributed by atoms with Gasteiger partial charge in [0, 0.05) is 54.9 Å². The second-order valence-corrected chi connectivity index (χ2v) is 15.6. The molecule has 15 heteroatoms. The first kappa shape index (κ1) is 38.4. The predicted molar refractivity (Wildman–Crippen MR) is 208 cm³/mol. The quantitative estimate of drug-likeness (QED) is 0.167. The maximum Gasteiger partial charge on any atom is 0.341 e. The van der Waals surface area contributed by atoms with Crippen molar-refractivity contribution in [1.29, 1.82) is 0 Å².